The zero-order valence-corrected chi connectivity index (χ0v) is 9.19. The number of carbonyl (C=O) groups is 1. The lowest BCUT2D eigenvalue weighted by Gasteiger charge is -2.10. The van der Waals surface area contributed by atoms with Crippen molar-refractivity contribution in [3.63, 3.8) is 0 Å². The number of rotatable bonds is 4. The summed E-state index contributed by atoms with van der Waals surface area (Å²) in [7, 11) is 0. The Morgan fingerprint density at radius 1 is 1.69 bits per heavy atom. The van der Waals surface area contributed by atoms with Crippen LogP contribution >= 0.6 is 0 Å². The molecule has 86 valence electrons. The molecule has 0 atom stereocenters. The number of nitrogens with one attached hydrogen (secondary N) is 1. The Bertz CT molecular complexity index is 402. The highest BCUT2D eigenvalue weighted by Gasteiger charge is 2.23. The van der Waals surface area contributed by atoms with Gasteiger partial charge in [-0.3, -0.25) is 0 Å². The molecule has 2 rings (SSSR count). The minimum absolute atomic E-state index is 0.339. The van der Waals surface area contributed by atoms with Gasteiger partial charge in [0.05, 0.1) is 17.9 Å². The highest BCUT2D eigenvalue weighted by molar-refractivity contribution is 5.97. The summed E-state index contributed by atoms with van der Waals surface area (Å²) in [5, 5.41) is 3.18. The SMILES string of the molecule is CCOC(=O)c1ccnc(NC2CC2)c1N. The summed E-state index contributed by atoms with van der Waals surface area (Å²) in [5.41, 5.74) is 6.61. The van der Waals surface area contributed by atoms with Crippen LogP contribution in [-0.2, 0) is 4.74 Å². The average Bonchev–Trinajstić information content (AvgIpc) is 3.05. The Hall–Kier alpha value is -1.78. The van der Waals surface area contributed by atoms with Gasteiger partial charge in [0.2, 0.25) is 0 Å². The Morgan fingerprint density at radius 2 is 2.44 bits per heavy atom. The van der Waals surface area contributed by atoms with Crippen molar-refractivity contribution in [2.75, 3.05) is 17.7 Å². The number of nitrogens with zero attached hydrogens (tertiary/aromatic N) is 1. The fourth-order valence-electron chi connectivity index (χ4n) is 1.40. The largest absolute Gasteiger partial charge is 0.462 e. The highest BCUT2D eigenvalue weighted by Crippen LogP contribution is 2.28. The van der Waals surface area contributed by atoms with Crippen molar-refractivity contribution in [2.24, 2.45) is 0 Å². The van der Waals surface area contributed by atoms with E-state index in [9.17, 15) is 4.79 Å². The van der Waals surface area contributed by atoms with Crippen LogP contribution in [-0.4, -0.2) is 23.6 Å². The Kier molecular flexibility index (Phi) is 2.94. The predicted molar refractivity (Wildman–Crippen MR) is 61.3 cm³/mol. The quantitative estimate of drug-likeness (QED) is 0.752. The van der Waals surface area contributed by atoms with Gasteiger partial charge in [0.25, 0.3) is 0 Å². The van der Waals surface area contributed by atoms with Gasteiger partial charge >= 0.3 is 5.97 Å². The molecule has 1 aromatic rings. The minimum Gasteiger partial charge on any atom is -0.462 e. The fraction of sp³-hybridized carbons (Fsp3) is 0.455. The van der Waals surface area contributed by atoms with E-state index in [2.05, 4.69) is 10.3 Å². The van der Waals surface area contributed by atoms with Crippen LogP contribution in [0.15, 0.2) is 12.3 Å². The van der Waals surface area contributed by atoms with E-state index in [-0.39, 0.29) is 0 Å². The predicted octanol–water partition coefficient (Wildman–Crippen LogP) is 1.41. The second kappa shape index (κ2) is 4.38. The van der Waals surface area contributed by atoms with Crippen molar-refractivity contribution in [2.45, 2.75) is 25.8 Å². The van der Waals surface area contributed by atoms with E-state index < -0.39 is 5.97 Å². The maximum atomic E-state index is 11.6. The maximum absolute atomic E-state index is 11.6. The Morgan fingerprint density at radius 3 is 3.06 bits per heavy atom. The maximum Gasteiger partial charge on any atom is 0.340 e. The molecular weight excluding hydrogens is 206 g/mol. The van der Waals surface area contributed by atoms with Crippen LogP contribution in [0.3, 0.4) is 0 Å². The lowest BCUT2D eigenvalue weighted by Crippen LogP contribution is -2.12. The van der Waals surface area contributed by atoms with E-state index in [0.29, 0.717) is 29.7 Å². The van der Waals surface area contributed by atoms with Crippen molar-refractivity contribution in [1.82, 2.24) is 4.98 Å². The van der Waals surface area contributed by atoms with Gasteiger partial charge < -0.3 is 15.8 Å². The molecule has 0 amide bonds. The third-order valence-electron chi connectivity index (χ3n) is 2.40. The molecule has 16 heavy (non-hydrogen) atoms. The molecule has 1 aromatic heterocycles. The van der Waals surface area contributed by atoms with Crippen LogP contribution in [0.5, 0.6) is 0 Å². The molecule has 0 radical (unpaired) electrons. The van der Waals surface area contributed by atoms with Gasteiger partial charge in [-0.25, -0.2) is 9.78 Å². The molecule has 0 aromatic carbocycles. The summed E-state index contributed by atoms with van der Waals surface area (Å²) < 4.78 is 4.91. The van der Waals surface area contributed by atoms with E-state index in [1.807, 2.05) is 0 Å². The van der Waals surface area contributed by atoms with Crippen LogP contribution in [0.4, 0.5) is 11.5 Å². The van der Waals surface area contributed by atoms with Crippen LogP contribution in [0.25, 0.3) is 0 Å². The van der Waals surface area contributed by atoms with Gasteiger partial charge in [-0.05, 0) is 25.8 Å². The number of aromatic nitrogens is 1. The van der Waals surface area contributed by atoms with Gasteiger partial charge in [-0.1, -0.05) is 0 Å². The molecule has 0 unspecified atom stereocenters. The molecule has 5 heteroatoms. The molecule has 5 nitrogen and oxygen atoms in total. The summed E-state index contributed by atoms with van der Waals surface area (Å²) in [6.45, 7) is 2.10. The molecule has 0 bridgehead atoms. The van der Waals surface area contributed by atoms with Gasteiger partial charge in [0.1, 0.15) is 5.82 Å². The first-order valence-electron chi connectivity index (χ1n) is 5.40. The summed E-state index contributed by atoms with van der Waals surface area (Å²) in [6, 6.07) is 2.03. The summed E-state index contributed by atoms with van der Waals surface area (Å²) in [5.74, 6) is 0.175. The molecule has 0 saturated heterocycles. The zero-order chi connectivity index (χ0) is 11.5. The molecule has 0 aliphatic heterocycles. The Labute approximate surface area is 94.0 Å². The minimum atomic E-state index is -0.402. The lowest BCUT2D eigenvalue weighted by molar-refractivity contribution is 0.0527. The van der Waals surface area contributed by atoms with Gasteiger partial charge in [-0.15, -0.1) is 0 Å². The monoisotopic (exact) mass is 221 g/mol. The van der Waals surface area contributed by atoms with E-state index in [1.54, 1.807) is 19.2 Å². The second-order valence-electron chi connectivity index (χ2n) is 3.76. The number of nitrogen functional groups attached to an aromatic ring is 1. The van der Waals surface area contributed by atoms with Crippen molar-refractivity contribution in [3.05, 3.63) is 17.8 Å². The van der Waals surface area contributed by atoms with Crippen molar-refractivity contribution < 1.29 is 9.53 Å². The number of hydrogen-bond donors (Lipinski definition) is 2. The zero-order valence-electron chi connectivity index (χ0n) is 9.19. The standard InChI is InChI=1S/C11H15N3O2/c1-2-16-11(15)8-5-6-13-10(9(8)12)14-7-3-4-7/h5-7H,2-4,12H2,1H3,(H,13,14). The first-order valence-corrected chi connectivity index (χ1v) is 5.40. The smallest absolute Gasteiger partial charge is 0.340 e. The van der Waals surface area contributed by atoms with E-state index in [1.165, 1.54) is 0 Å². The third-order valence-corrected chi connectivity index (χ3v) is 2.40. The van der Waals surface area contributed by atoms with Crippen LogP contribution in [0.2, 0.25) is 0 Å². The number of carbonyl (C=O) groups excluding carboxylic acids is 1. The third kappa shape index (κ3) is 2.24. The molecule has 3 N–H and O–H groups in total. The van der Waals surface area contributed by atoms with E-state index in [0.717, 1.165) is 12.8 Å². The first-order chi connectivity index (χ1) is 7.72. The number of anilines is 2. The average molecular weight is 221 g/mol. The summed E-state index contributed by atoms with van der Waals surface area (Å²) in [4.78, 5) is 15.7. The normalized spacial score (nSPS) is 14.6. The van der Waals surface area contributed by atoms with Gasteiger partial charge in [0, 0.05) is 12.2 Å². The molecular formula is C11H15N3O2. The highest BCUT2D eigenvalue weighted by atomic mass is 16.5. The summed E-state index contributed by atoms with van der Waals surface area (Å²) >= 11 is 0. The second-order valence-corrected chi connectivity index (χ2v) is 3.76. The number of esters is 1. The van der Waals surface area contributed by atoms with Crippen LogP contribution < -0.4 is 11.1 Å². The van der Waals surface area contributed by atoms with Crippen molar-refractivity contribution in [3.8, 4) is 0 Å². The molecule has 1 aliphatic carbocycles. The van der Waals surface area contributed by atoms with Crippen molar-refractivity contribution in [1.29, 1.82) is 0 Å². The molecule has 0 spiro atoms. The van der Waals surface area contributed by atoms with Crippen LogP contribution in [0, 0.1) is 0 Å². The van der Waals surface area contributed by atoms with Crippen LogP contribution in [0.1, 0.15) is 30.1 Å². The molecule has 1 fully saturated rings. The van der Waals surface area contributed by atoms with Crippen molar-refractivity contribution >= 4 is 17.5 Å². The topological polar surface area (TPSA) is 77.2 Å². The first kappa shape index (κ1) is 10.7. The Balaban J connectivity index is 2.20. The molecule has 1 aliphatic rings. The molecule has 1 heterocycles. The number of ether oxygens (including phenoxy) is 1. The van der Waals surface area contributed by atoms with E-state index in [4.69, 9.17) is 10.5 Å². The lowest BCUT2D eigenvalue weighted by atomic mass is 10.2. The van der Waals surface area contributed by atoms with E-state index >= 15 is 0 Å². The number of pyridine rings is 1. The number of hydrogen-bond acceptors (Lipinski definition) is 5. The molecule has 1 saturated carbocycles. The summed E-state index contributed by atoms with van der Waals surface area (Å²) in [6.07, 6.45) is 3.82. The van der Waals surface area contributed by atoms with Gasteiger partial charge in [-0.2, -0.15) is 0 Å². The fourth-order valence-corrected chi connectivity index (χ4v) is 1.40. The van der Waals surface area contributed by atoms with Gasteiger partial charge in [0.15, 0.2) is 0 Å². The number of nitrogens with two attached hydrogens (primary N) is 1.